The Labute approximate surface area is 173 Å². The maximum absolute atomic E-state index is 13.8. The number of carbonyl (C=O) groups is 1. The summed E-state index contributed by atoms with van der Waals surface area (Å²) in [5, 5.41) is 4.75. The summed E-state index contributed by atoms with van der Waals surface area (Å²) < 4.78 is 5.42. The summed E-state index contributed by atoms with van der Waals surface area (Å²) in [6.45, 7) is 2.75. The summed E-state index contributed by atoms with van der Waals surface area (Å²) in [6, 6.07) is 9.62. The molecule has 1 saturated carbocycles. The minimum absolute atomic E-state index is 0.0729. The quantitative estimate of drug-likeness (QED) is 0.486. The second kappa shape index (κ2) is 7.67. The number of hydrogen-bond donors (Lipinski definition) is 0. The van der Waals surface area contributed by atoms with Gasteiger partial charge in [-0.25, -0.2) is 4.98 Å². The van der Waals surface area contributed by atoms with E-state index in [1.807, 2.05) is 42.2 Å². The molecule has 1 amide bonds. The smallest absolute Gasteiger partial charge is 0.259 e. The topological polar surface area (TPSA) is 85.0 Å². The molecular formula is C23H21N5O2. The highest BCUT2D eigenvalue weighted by atomic mass is 16.5. The first-order valence-electron chi connectivity index (χ1n) is 10.0. The number of pyridine rings is 3. The summed E-state index contributed by atoms with van der Waals surface area (Å²) in [6.07, 6.45) is 9.18. The van der Waals surface area contributed by atoms with Crippen molar-refractivity contribution in [3.63, 3.8) is 0 Å². The van der Waals surface area contributed by atoms with Gasteiger partial charge in [-0.3, -0.25) is 14.8 Å². The van der Waals surface area contributed by atoms with Gasteiger partial charge in [0, 0.05) is 49.5 Å². The fraction of sp³-hybridized carbons (Fsp3) is 0.261. The van der Waals surface area contributed by atoms with Crippen LogP contribution in [0.1, 0.15) is 51.6 Å². The van der Waals surface area contributed by atoms with E-state index in [0.717, 1.165) is 29.7 Å². The molecule has 0 aromatic carbocycles. The zero-order chi connectivity index (χ0) is 20.5. The van der Waals surface area contributed by atoms with E-state index in [4.69, 9.17) is 4.52 Å². The standard InChI is InChI=1S/C23H21N5O2/c1-15-21-19(11-20(18-4-5-18)26-22(21)30-27-15)23(29)28(13-16-6-9-24-10-7-16)14-17-3-2-8-25-12-17/h2-3,6-12,18H,4-5,13-14H2,1H3. The van der Waals surface area contributed by atoms with Gasteiger partial charge >= 0.3 is 0 Å². The number of aryl methyl sites for hydroxylation is 1. The second-order valence-corrected chi connectivity index (χ2v) is 7.70. The summed E-state index contributed by atoms with van der Waals surface area (Å²) in [7, 11) is 0. The molecule has 0 bridgehead atoms. The van der Waals surface area contributed by atoms with E-state index in [1.54, 1.807) is 24.8 Å². The predicted octanol–water partition coefficient (Wildman–Crippen LogP) is 4.04. The van der Waals surface area contributed by atoms with Crippen molar-refractivity contribution in [2.75, 3.05) is 0 Å². The lowest BCUT2D eigenvalue weighted by atomic mass is 10.1. The average molecular weight is 399 g/mol. The number of carbonyl (C=O) groups excluding carboxylic acids is 1. The van der Waals surface area contributed by atoms with Gasteiger partial charge in [0.15, 0.2) is 0 Å². The van der Waals surface area contributed by atoms with Gasteiger partial charge in [0.2, 0.25) is 0 Å². The van der Waals surface area contributed by atoms with Crippen LogP contribution in [0.5, 0.6) is 0 Å². The van der Waals surface area contributed by atoms with Crippen molar-refractivity contribution >= 4 is 17.0 Å². The zero-order valence-electron chi connectivity index (χ0n) is 16.7. The minimum atomic E-state index is -0.0729. The van der Waals surface area contributed by atoms with Crippen LogP contribution in [0, 0.1) is 6.92 Å². The third-order valence-electron chi connectivity index (χ3n) is 5.37. The first kappa shape index (κ1) is 18.4. The monoisotopic (exact) mass is 399 g/mol. The molecule has 0 aliphatic heterocycles. The molecule has 1 aliphatic rings. The molecule has 0 radical (unpaired) electrons. The van der Waals surface area contributed by atoms with Crippen LogP contribution < -0.4 is 0 Å². The lowest BCUT2D eigenvalue weighted by molar-refractivity contribution is 0.0731. The van der Waals surface area contributed by atoms with E-state index in [0.29, 0.717) is 41.4 Å². The molecule has 5 rings (SSSR count). The molecule has 0 N–H and O–H groups in total. The van der Waals surface area contributed by atoms with Crippen LogP contribution in [0.25, 0.3) is 11.1 Å². The van der Waals surface area contributed by atoms with Crippen LogP contribution in [0.3, 0.4) is 0 Å². The van der Waals surface area contributed by atoms with Gasteiger partial charge in [-0.1, -0.05) is 11.2 Å². The van der Waals surface area contributed by atoms with Crippen LogP contribution in [0.4, 0.5) is 0 Å². The Hall–Kier alpha value is -3.61. The SMILES string of the molecule is Cc1noc2nc(C3CC3)cc(C(=O)N(Cc3ccncc3)Cc3cccnc3)c12. The van der Waals surface area contributed by atoms with Gasteiger partial charge in [-0.15, -0.1) is 0 Å². The van der Waals surface area contributed by atoms with Gasteiger partial charge in [0.05, 0.1) is 16.6 Å². The minimum Gasteiger partial charge on any atom is -0.336 e. The molecule has 1 aliphatic carbocycles. The molecular weight excluding hydrogens is 378 g/mol. The number of nitrogens with zero attached hydrogens (tertiary/aromatic N) is 5. The molecule has 0 saturated heterocycles. The third-order valence-corrected chi connectivity index (χ3v) is 5.37. The van der Waals surface area contributed by atoms with Crippen LogP contribution in [-0.2, 0) is 13.1 Å². The molecule has 4 aromatic rings. The number of rotatable bonds is 6. The molecule has 4 heterocycles. The Bertz CT molecular complexity index is 1140. The van der Waals surface area contributed by atoms with Gasteiger partial charge in [-0.2, -0.15) is 0 Å². The molecule has 30 heavy (non-hydrogen) atoms. The Kier molecular flexibility index (Phi) is 4.71. The average Bonchev–Trinajstić information content (AvgIpc) is 3.57. The van der Waals surface area contributed by atoms with Gasteiger partial charge in [0.1, 0.15) is 0 Å². The van der Waals surface area contributed by atoms with E-state index in [9.17, 15) is 4.79 Å². The van der Waals surface area contributed by atoms with E-state index in [-0.39, 0.29) is 5.91 Å². The van der Waals surface area contributed by atoms with Gasteiger partial charge in [-0.05, 0) is 55.2 Å². The highest BCUT2D eigenvalue weighted by Crippen LogP contribution is 2.40. The lowest BCUT2D eigenvalue weighted by Gasteiger charge is -2.23. The van der Waals surface area contributed by atoms with Crippen molar-refractivity contribution in [3.8, 4) is 0 Å². The molecule has 0 atom stereocenters. The molecule has 1 fully saturated rings. The first-order chi connectivity index (χ1) is 14.7. The lowest BCUT2D eigenvalue weighted by Crippen LogP contribution is -2.30. The van der Waals surface area contributed by atoms with E-state index in [2.05, 4.69) is 20.1 Å². The van der Waals surface area contributed by atoms with Crippen LogP contribution >= 0.6 is 0 Å². The predicted molar refractivity (Wildman–Crippen MR) is 111 cm³/mol. The van der Waals surface area contributed by atoms with Crippen molar-refractivity contribution in [3.05, 3.63) is 83.2 Å². The van der Waals surface area contributed by atoms with Crippen molar-refractivity contribution < 1.29 is 9.32 Å². The fourth-order valence-corrected chi connectivity index (χ4v) is 3.66. The van der Waals surface area contributed by atoms with Crippen molar-refractivity contribution in [2.24, 2.45) is 0 Å². The molecule has 0 unspecified atom stereocenters. The molecule has 150 valence electrons. The Morgan fingerprint density at radius 2 is 1.90 bits per heavy atom. The van der Waals surface area contributed by atoms with Crippen molar-refractivity contribution in [1.29, 1.82) is 0 Å². The van der Waals surface area contributed by atoms with Gasteiger partial charge in [0.25, 0.3) is 11.6 Å². The highest BCUT2D eigenvalue weighted by molar-refractivity contribution is 6.06. The largest absolute Gasteiger partial charge is 0.336 e. The normalized spacial score (nSPS) is 13.5. The number of amides is 1. The van der Waals surface area contributed by atoms with Crippen LogP contribution in [0.2, 0.25) is 0 Å². The number of fused-ring (bicyclic) bond motifs is 1. The highest BCUT2D eigenvalue weighted by Gasteiger charge is 2.30. The molecule has 0 spiro atoms. The summed E-state index contributed by atoms with van der Waals surface area (Å²) in [4.78, 5) is 28.5. The second-order valence-electron chi connectivity index (χ2n) is 7.70. The maximum atomic E-state index is 13.8. The Balaban J connectivity index is 1.56. The number of hydrogen-bond acceptors (Lipinski definition) is 6. The van der Waals surface area contributed by atoms with Crippen LogP contribution in [-0.4, -0.2) is 30.9 Å². The Morgan fingerprint density at radius 3 is 2.63 bits per heavy atom. The number of aromatic nitrogens is 4. The molecule has 7 nitrogen and oxygen atoms in total. The van der Waals surface area contributed by atoms with Gasteiger partial charge < -0.3 is 9.42 Å². The van der Waals surface area contributed by atoms with E-state index < -0.39 is 0 Å². The van der Waals surface area contributed by atoms with E-state index >= 15 is 0 Å². The van der Waals surface area contributed by atoms with Crippen molar-refractivity contribution in [2.45, 2.75) is 38.8 Å². The fourth-order valence-electron chi connectivity index (χ4n) is 3.66. The first-order valence-corrected chi connectivity index (χ1v) is 10.0. The maximum Gasteiger partial charge on any atom is 0.259 e. The molecule has 4 aromatic heterocycles. The summed E-state index contributed by atoms with van der Waals surface area (Å²) >= 11 is 0. The van der Waals surface area contributed by atoms with Crippen molar-refractivity contribution in [1.82, 2.24) is 25.0 Å². The molecule has 7 heteroatoms. The third kappa shape index (κ3) is 3.66. The van der Waals surface area contributed by atoms with E-state index in [1.165, 1.54) is 0 Å². The van der Waals surface area contributed by atoms with Crippen LogP contribution in [0.15, 0.2) is 59.6 Å². The Morgan fingerprint density at radius 1 is 1.10 bits per heavy atom. The summed E-state index contributed by atoms with van der Waals surface area (Å²) in [5.41, 5.74) is 4.59. The zero-order valence-corrected chi connectivity index (χ0v) is 16.7. The summed E-state index contributed by atoms with van der Waals surface area (Å²) in [5.74, 6) is 0.328.